The molecule has 2 aromatic rings. The highest BCUT2D eigenvalue weighted by Crippen LogP contribution is 2.32. The summed E-state index contributed by atoms with van der Waals surface area (Å²) >= 11 is 7.14. The Hall–Kier alpha value is -1.46. The van der Waals surface area contributed by atoms with Gasteiger partial charge >= 0.3 is 0 Å². The highest BCUT2D eigenvalue weighted by Gasteiger charge is 2.20. The summed E-state index contributed by atoms with van der Waals surface area (Å²) < 4.78 is 0. The average Bonchev–Trinajstić information content (AvgIpc) is 2.84. The molecule has 1 unspecified atom stereocenters. The number of hydrogen-bond donors (Lipinski definition) is 2. The number of hydrogen-bond acceptors (Lipinski definition) is 3. The summed E-state index contributed by atoms with van der Waals surface area (Å²) in [5.74, 6) is 0.765. The Morgan fingerprint density at radius 2 is 2.09 bits per heavy atom. The second-order valence-corrected chi connectivity index (χ2v) is 7.61. The molecule has 0 spiro atoms. The summed E-state index contributed by atoms with van der Waals surface area (Å²) in [5, 5.41) is 7.96. The van der Waals surface area contributed by atoms with E-state index >= 15 is 0 Å². The Morgan fingerprint density at radius 1 is 1.27 bits per heavy atom. The van der Waals surface area contributed by atoms with Crippen LogP contribution in [0.1, 0.15) is 35.0 Å². The van der Waals surface area contributed by atoms with Crippen molar-refractivity contribution in [2.45, 2.75) is 40.0 Å². The minimum atomic E-state index is 0.599. The Bertz CT molecular complexity index is 706. The maximum atomic E-state index is 5.40. The number of aryl methyl sites for hydroxylation is 3. The summed E-state index contributed by atoms with van der Waals surface area (Å²) in [6.45, 7) is 6.52. The van der Waals surface area contributed by atoms with Crippen LogP contribution in [0, 0.1) is 19.8 Å². The van der Waals surface area contributed by atoms with Gasteiger partial charge in [-0.2, -0.15) is 0 Å². The van der Waals surface area contributed by atoms with Gasteiger partial charge in [0.25, 0.3) is 0 Å². The topological polar surface area (TPSA) is 37.0 Å². The fourth-order valence-corrected chi connectivity index (χ4v) is 4.13. The van der Waals surface area contributed by atoms with E-state index in [4.69, 9.17) is 12.2 Å². The number of anilines is 2. The van der Waals surface area contributed by atoms with E-state index in [2.05, 4.69) is 48.5 Å². The van der Waals surface area contributed by atoms with E-state index in [1.165, 1.54) is 28.1 Å². The van der Waals surface area contributed by atoms with E-state index in [0.717, 1.165) is 29.6 Å². The largest absolute Gasteiger partial charge is 0.332 e. The zero-order valence-electron chi connectivity index (χ0n) is 13.2. The lowest BCUT2D eigenvalue weighted by molar-refractivity contribution is 0.502. The van der Waals surface area contributed by atoms with Crippen molar-refractivity contribution < 1.29 is 0 Å². The zero-order chi connectivity index (χ0) is 15.7. The molecular formula is C17H21N3S2. The van der Waals surface area contributed by atoms with Gasteiger partial charge in [-0.15, -0.1) is 11.3 Å². The molecule has 1 aliphatic rings. The number of aromatic nitrogens is 1. The molecule has 5 heteroatoms. The van der Waals surface area contributed by atoms with E-state index in [1.54, 1.807) is 11.3 Å². The average molecular weight is 332 g/mol. The number of rotatable bonds is 2. The highest BCUT2D eigenvalue weighted by atomic mass is 32.1. The van der Waals surface area contributed by atoms with Gasteiger partial charge in [0, 0.05) is 10.6 Å². The van der Waals surface area contributed by atoms with Crippen LogP contribution >= 0.6 is 23.6 Å². The molecule has 0 amide bonds. The molecule has 3 rings (SSSR count). The quantitative estimate of drug-likeness (QED) is 0.783. The van der Waals surface area contributed by atoms with Crippen molar-refractivity contribution in [3.05, 3.63) is 39.9 Å². The zero-order valence-corrected chi connectivity index (χ0v) is 14.8. The van der Waals surface area contributed by atoms with Gasteiger partial charge in [0.15, 0.2) is 10.2 Å². The summed E-state index contributed by atoms with van der Waals surface area (Å²) in [5.41, 5.74) is 4.80. The molecule has 0 saturated heterocycles. The first-order chi connectivity index (χ1) is 10.5. The Labute approximate surface area is 141 Å². The smallest absolute Gasteiger partial charge is 0.189 e. The van der Waals surface area contributed by atoms with Gasteiger partial charge in [0.2, 0.25) is 0 Å². The van der Waals surface area contributed by atoms with Gasteiger partial charge in [-0.05, 0) is 74.5 Å². The summed E-state index contributed by atoms with van der Waals surface area (Å²) in [4.78, 5) is 6.09. The number of benzene rings is 1. The molecule has 1 heterocycles. The highest BCUT2D eigenvalue weighted by molar-refractivity contribution is 7.80. The maximum Gasteiger partial charge on any atom is 0.189 e. The third-order valence-electron chi connectivity index (χ3n) is 4.17. The number of thiocarbonyl (C=S) groups is 1. The molecule has 1 aliphatic carbocycles. The maximum absolute atomic E-state index is 5.40. The molecule has 0 radical (unpaired) electrons. The molecule has 1 atom stereocenters. The lowest BCUT2D eigenvalue weighted by atomic mass is 9.93. The van der Waals surface area contributed by atoms with Crippen LogP contribution in [0.3, 0.4) is 0 Å². The molecule has 0 bridgehead atoms. The van der Waals surface area contributed by atoms with Crippen LogP contribution in [0.2, 0.25) is 0 Å². The normalized spacial score (nSPS) is 17.0. The first-order valence-corrected chi connectivity index (χ1v) is 8.87. The minimum Gasteiger partial charge on any atom is -0.332 e. The minimum absolute atomic E-state index is 0.599. The van der Waals surface area contributed by atoms with Gasteiger partial charge in [0.1, 0.15) is 0 Å². The Kier molecular flexibility index (Phi) is 4.45. The van der Waals surface area contributed by atoms with Crippen molar-refractivity contribution in [1.82, 2.24) is 4.98 Å². The molecule has 116 valence electrons. The van der Waals surface area contributed by atoms with E-state index in [0.29, 0.717) is 5.11 Å². The summed E-state index contributed by atoms with van der Waals surface area (Å²) in [6.07, 6.45) is 3.47. The van der Waals surface area contributed by atoms with E-state index in [-0.39, 0.29) is 0 Å². The number of nitrogens with one attached hydrogen (secondary N) is 2. The molecule has 3 nitrogen and oxygen atoms in total. The first kappa shape index (κ1) is 15.4. The SMILES string of the molecule is Cc1ccc(NC(=S)Nc2nc3c(s2)CC(C)CC3)cc1C. The van der Waals surface area contributed by atoms with Crippen LogP contribution in [-0.2, 0) is 12.8 Å². The monoisotopic (exact) mass is 331 g/mol. The molecule has 2 N–H and O–H groups in total. The van der Waals surface area contributed by atoms with Gasteiger partial charge in [-0.3, -0.25) is 0 Å². The third-order valence-corrected chi connectivity index (χ3v) is 5.41. The van der Waals surface area contributed by atoms with E-state index in [9.17, 15) is 0 Å². The Morgan fingerprint density at radius 3 is 2.86 bits per heavy atom. The van der Waals surface area contributed by atoms with Gasteiger partial charge in [-0.1, -0.05) is 13.0 Å². The lowest BCUT2D eigenvalue weighted by Gasteiger charge is -2.15. The number of fused-ring (bicyclic) bond motifs is 1. The van der Waals surface area contributed by atoms with Crippen molar-refractivity contribution in [1.29, 1.82) is 0 Å². The van der Waals surface area contributed by atoms with Gasteiger partial charge in [-0.25, -0.2) is 4.98 Å². The van der Waals surface area contributed by atoms with Crippen molar-refractivity contribution in [3.63, 3.8) is 0 Å². The number of thiazole rings is 1. The number of nitrogens with zero attached hydrogens (tertiary/aromatic N) is 1. The van der Waals surface area contributed by atoms with Crippen molar-refractivity contribution in [2.75, 3.05) is 10.6 Å². The second kappa shape index (κ2) is 6.34. The fourth-order valence-electron chi connectivity index (χ4n) is 2.67. The first-order valence-electron chi connectivity index (χ1n) is 7.65. The van der Waals surface area contributed by atoms with Crippen molar-refractivity contribution in [2.24, 2.45) is 5.92 Å². The Balaban J connectivity index is 1.65. The molecule has 1 aromatic heterocycles. The predicted octanol–water partition coefficient (Wildman–Crippen LogP) is 4.69. The van der Waals surface area contributed by atoms with Crippen molar-refractivity contribution >= 4 is 39.5 Å². The predicted molar refractivity (Wildman–Crippen MR) is 99.1 cm³/mol. The van der Waals surface area contributed by atoms with E-state index < -0.39 is 0 Å². The summed E-state index contributed by atoms with van der Waals surface area (Å²) in [7, 11) is 0. The van der Waals surface area contributed by atoms with Crippen LogP contribution in [0.15, 0.2) is 18.2 Å². The third kappa shape index (κ3) is 3.47. The van der Waals surface area contributed by atoms with Crippen molar-refractivity contribution in [3.8, 4) is 0 Å². The van der Waals surface area contributed by atoms with Crippen LogP contribution in [0.25, 0.3) is 0 Å². The van der Waals surface area contributed by atoms with Crippen LogP contribution < -0.4 is 10.6 Å². The fraction of sp³-hybridized carbons (Fsp3) is 0.412. The molecular weight excluding hydrogens is 310 g/mol. The molecule has 0 fully saturated rings. The van der Waals surface area contributed by atoms with Gasteiger partial charge < -0.3 is 10.6 Å². The van der Waals surface area contributed by atoms with Crippen LogP contribution in [-0.4, -0.2) is 10.1 Å². The van der Waals surface area contributed by atoms with Crippen LogP contribution in [0.5, 0.6) is 0 Å². The van der Waals surface area contributed by atoms with Gasteiger partial charge in [0.05, 0.1) is 5.69 Å². The molecule has 22 heavy (non-hydrogen) atoms. The molecule has 0 saturated carbocycles. The second-order valence-electron chi connectivity index (χ2n) is 6.12. The van der Waals surface area contributed by atoms with E-state index in [1.807, 2.05) is 6.07 Å². The molecule has 1 aromatic carbocycles. The standard InChI is InChI=1S/C17H21N3S2/c1-10-4-7-14-15(8-10)22-17(19-14)20-16(21)18-13-6-5-11(2)12(3)9-13/h5-6,9-10H,4,7-8H2,1-3H3,(H2,18,19,20,21). The molecule has 0 aliphatic heterocycles. The lowest BCUT2D eigenvalue weighted by Crippen LogP contribution is -2.19. The van der Waals surface area contributed by atoms with Crippen LogP contribution in [0.4, 0.5) is 10.8 Å². The summed E-state index contributed by atoms with van der Waals surface area (Å²) in [6, 6.07) is 6.26.